The summed E-state index contributed by atoms with van der Waals surface area (Å²) in [4.78, 5) is 20.8. The molecule has 98 valence electrons. The summed E-state index contributed by atoms with van der Waals surface area (Å²) in [5.74, 6) is -0.388. The van der Waals surface area contributed by atoms with Gasteiger partial charge in [-0.05, 0) is 25.1 Å². The maximum Gasteiger partial charge on any atom is 0.339 e. The number of nitrogen functional groups attached to an aromatic ring is 1. The van der Waals surface area contributed by atoms with Crippen molar-refractivity contribution < 1.29 is 9.53 Å². The van der Waals surface area contributed by atoms with E-state index in [4.69, 9.17) is 10.5 Å². The summed E-state index contributed by atoms with van der Waals surface area (Å²) in [6.45, 7) is 2.09. The molecule has 2 aromatic rings. The summed E-state index contributed by atoms with van der Waals surface area (Å²) in [7, 11) is 0. The van der Waals surface area contributed by atoms with Crippen LogP contribution >= 0.6 is 11.8 Å². The third-order valence-corrected chi connectivity index (χ3v) is 3.25. The Balaban J connectivity index is 2.32. The molecule has 0 aliphatic rings. The molecular weight excluding hydrogens is 262 g/mol. The van der Waals surface area contributed by atoms with Crippen LogP contribution in [0.15, 0.2) is 46.7 Å². The van der Waals surface area contributed by atoms with E-state index >= 15 is 0 Å². The molecule has 0 aliphatic carbocycles. The molecule has 0 saturated carbocycles. The van der Waals surface area contributed by atoms with Gasteiger partial charge in [0.2, 0.25) is 0 Å². The second-order valence-corrected chi connectivity index (χ2v) is 4.68. The molecule has 5 nitrogen and oxygen atoms in total. The van der Waals surface area contributed by atoms with Crippen LogP contribution in [0.2, 0.25) is 0 Å². The number of nitrogens with zero attached hydrogens (tertiary/aromatic N) is 2. The molecule has 0 radical (unpaired) electrons. The first-order valence-electron chi connectivity index (χ1n) is 5.71. The van der Waals surface area contributed by atoms with Crippen LogP contribution in [0.3, 0.4) is 0 Å². The SMILES string of the molecule is CCOC(=O)c1cc(N)ccc1Sc1cnccn1. The molecule has 0 bridgehead atoms. The number of esters is 1. The molecule has 1 aromatic heterocycles. The smallest absolute Gasteiger partial charge is 0.339 e. The molecule has 0 unspecified atom stereocenters. The molecule has 0 fully saturated rings. The Labute approximate surface area is 115 Å². The van der Waals surface area contributed by atoms with Crippen molar-refractivity contribution in [2.45, 2.75) is 16.8 Å². The first-order chi connectivity index (χ1) is 9.20. The third kappa shape index (κ3) is 3.45. The van der Waals surface area contributed by atoms with Gasteiger partial charge in [0.15, 0.2) is 0 Å². The van der Waals surface area contributed by atoms with Gasteiger partial charge in [-0.1, -0.05) is 11.8 Å². The summed E-state index contributed by atoms with van der Waals surface area (Å²) in [5, 5.41) is 0.706. The summed E-state index contributed by atoms with van der Waals surface area (Å²) in [5.41, 5.74) is 6.67. The molecule has 0 spiro atoms. The molecule has 1 heterocycles. The largest absolute Gasteiger partial charge is 0.462 e. The normalized spacial score (nSPS) is 10.2. The van der Waals surface area contributed by atoms with Gasteiger partial charge < -0.3 is 10.5 Å². The maximum absolute atomic E-state index is 11.9. The molecular formula is C13H13N3O2S. The molecule has 0 atom stereocenters. The van der Waals surface area contributed by atoms with E-state index < -0.39 is 0 Å². The lowest BCUT2D eigenvalue weighted by Crippen LogP contribution is -2.07. The van der Waals surface area contributed by atoms with Gasteiger partial charge in [0, 0.05) is 23.0 Å². The van der Waals surface area contributed by atoms with E-state index in [1.165, 1.54) is 11.8 Å². The highest BCUT2D eigenvalue weighted by atomic mass is 32.2. The number of nitrogens with two attached hydrogens (primary N) is 1. The highest BCUT2D eigenvalue weighted by Crippen LogP contribution is 2.30. The Morgan fingerprint density at radius 2 is 2.26 bits per heavy atom. The number of anilines is 1. The predicted molar refractivity (Wildman–Crippen MR) is 73.0 cm³/mol. The number of aromatic nitrogens is 2. The minimum absolute atomic E-state index is 0.322. The fourth-order valence-electron chi connectivity index (χ4n) is 1.46. The first-order valence-corrected chi connectivity index (χ1v) is 6.53. The average Bonchev–Trinajstić information content (AvgIpc) is 2.42. The van der Waals surface area contributed by atoms with Crippen molar-refractivity contribution in [3.63, 3.8) is 0 Å². The van der Waals surface area contributed by atoms with Gasteiger partial charge >= 0.3 is 5.97 Å². The molecule has 2 rings (SSSR count). The lowest BCUT2D eigenvalue weighted by atomic mass is 10.2. The Hall–Kier alpha value is -2.08. The van der Waals surface area contributed by atoms with Crippen LogP contribution in [0.5, 0.6) is 0 Å². The lowest BCUT2D eigenvalue weighted by molar-refractivity contribution is 0.0522. The molecule has 1 aromatic carbocycles. The Bertz CT molecular complexity index is 575. The van der Waals surface area contributed by atoms with Crippen molar-refractivity contribution in [2.75, 3.05) is 12.3 Å². The number of carbonyl (C=O) groups is 1. The standard InChI is InChI=1S/C13H13N3O2S/c1-2-18-13(17)10-7-9(14)3-4-11(10)19-12-8-15-5-6-16-12/h3-8H,2,14H2,1H3. The highest BCUT2D eigenvalue weighted by Gasteiger charge is 2.14. The van der Waals surface area contributed by atoms with E-state index in [1.54, 1.807) is 43.7 Å². The monoisotopic (exact) mass is 275 g/mol. The number of carbonyl (C=O) groups excluding carboxylic acids is 1. The summed E-state index contributed by atoms with van der Waals surface area (Å²) in [6.07, 6.45) is 4.83. The van der Waals surface area contributed by atoms with Crippen molar-refractivity contribution in [1.82, 2.24) is 9.97 Å². The maximum atomic E-state index is 11.9. The molecule has 0 saturated heterocycles. The molecule has 19 heavy (non-hydrogen) atoms. The zero-order valence-corrected chi connectivity index (χ0v) is 11.2. The fraction of sp³-hybridized carbons (Fsp3) is 0.154. The average molecular weight is 275 g/mol. The second-order valence-electron chi connectivity index (χ2n) is 3.62. The van der Waals surface area contributed by atoms with Gasteiger partial charge in [-0.2, -0.15) is 0 Å². The molecule has 2 N–H and O–H groups in total. The van der Waals surface area contributed by atoms with Crippen LogP contribution < -0.4 is 5.73 Å². The van der Waals surface area contributed by atoms with Gasteiger partial charge in [0.25, 0.3) is 0 Å². The van der Waals surface area contributed by atoms with Crippen molar-refractivity contribution in [3.8, 4) is 0 Å². The number of rotatable bonds is 4. The van der Waals surface area contributed by atoms with E-state index in [-0.39, 0.29) is 5.97 Å². The van der Waals surface area contributed by atoms with Gasteiger partial charge in [-0.25, -0.2) is 9.78 Å². The first kappa shape index (κ1) is 13.4. The summed E-state index contributed by atoms with van der Waals surface area (Å²) in [6, 6.07) is 5.12. The fourth-order valence-corrected chi connectivity index (χ4v) is 2.30. The zero-order chi connectivity index (χ0) is 13.7. The second kappa shape index (κ2) is 6.19. The van der Waals surface area contributed by atoms with E-state index in [0.29, 0.717) is 22.9 Å². The molecule has 0 aliphatic heterocycles. The molecule has 6 heteroatoms. The summed E-state index contributed by atoms with van der Waals surface area (Å²) >= 11 is 1.35. The Morgan fingerprint density at radius 1 is 1.42 bits per heavy atom. The number of benzene rings is 1. The van der Waals surface area contributed by atoms with Gasteiger partial charge in [-0.15, -0.1) is 0 Å². The van der Waals surface area contributed by atoms with Crippen LogP contribution in [-0.4, -0.2) is 22.5 Å². The van der Waals surface area contributed by atoms with Crippen LogP contribution in [0.25, 0.3) is 0 Å². The quantitative estimate of drug-likeness (QED) is 0.682. The highest BCUT2D eigenvalue weighted by molar-refractivity contribution is 7.99. The topological polar surface area (TPSA) is 78.1 Å². The number of hydrogen-bond donors (Lipinski definition) is 1. The Morgan fingerprint density at radius 3 is 2.95 bits per heavy atom. The van der Waals surface area contributed by atoms with Gasteiger partial charge in [0.05, 0.1) is 18.4 Å². The zero-order valence-electron chi connectivity index (χ0n) is 10.4. The van der Waals surface area contributed by atoms with Crippen LogP contribution in [-0.2, 0) is 4.74 Å². The van der Waals surface area contributed by atoms with Gasteiger partial charge in [0.1, 0.15) is 5.03 Å². The van der Waals surface area contributed by atoms with E-state index in [2.05, 4.69) is 9.97 Å². The van der Waals surface area contributed by atoms with Crippen molar-refractivity contribution in [2.24, 2.45) is 0 Å². The van der Waals surface area contributed by atoms with Gasteiger partial charge in [-0.3, -0.25) is 4.98 Å². The summed E-state index contributed by atoms with van der Waals surface area (Å²) < 4.78 is 5.02. The molecule has 0 amide bonds. The minimum Gasteiger partial charge on any atom is -0.462 e. The van der Waals surface area contributed by atoms with E-state index in [1.807, 2.05) is 0 Å². The van der Waals surface area contributed by atoms with Crippen molar-refractivity contribution >= 4 is 23.4 Å². The van der Waals surface area contributed by atoms with E-state index in [0.717, 1.165) is 4.90 Å². The number of ether oxygens (including phenoxy) is 1. The van der Waals surface area contributed by atoms with Crippen molar-refractivity contribution in [1.29, 1.82) is 0 Å². The lowest BCUT2D eigenvalue weighted by Gasteiger charge is -2.08. The predicted octanol–water partition coefficient (Wildman–Crippen LogP) is 2.39. The van der Waals surface area contributed by atoms with Crippen molar-refractivity contribution in [3.05, 3.63) is 42.4 Å². The minimum atomic E-state index is -0.388. The van der Waals surface area contributed by atoms with E-state index in [9.17, 15) is 4.79 Å². The Kier molecular flexibility index (Phi) is 4.35. The third-order valence-electron chi connectivity index (χ3n) is 2.25. The van der Waals surface area contributed by atoms with Crippen LogP contribution in [0.4, 0.5) is 5.69 Å². The van der Waals surface area contributed by atoms with Crippen LogP contribution in [0, 0.1) is 0 Å². The van der Waals surface area contributed by atoms with Crippen LogP contribution in [0.1, 0.15) is 17.3 Å². The number of hydrogen-bond acceptors (Lipinski definition) is 6.